The van der Waals surface area contributed by atoms with Gasteiger partial charge in [-0.15, -0.1) is 0 Å². The molecule has 0 radical (unpaired) electrons. The van der Waals surface area contributed by atoms with Crippen LogP contribution in [0.4, 0.5) is 0 Å². The van der Waals surface area contributed by atoms with Gasteiger partial charge in [0.1, 0.15) is 17.0 Å². The Morgan fingerprint density at radius 1 is 1.38 bits per heavy atom. The van der Waals surface area contributed by atoms with Crippen molar-refractivity contribution in [1.29, 1.82) is 0 Å². The predicted molar refractivity (Wildman–Crippen MR) is 59.0 cm³/mol. The van der Waals surface area contributed by atoms with Crippen LogP contribution >= 0.6 is 0 Å². The third kappa shape index (κ3) is 1.72. The molecule has 80 valence electrons. The number of nitrogens with zero attached hydrogens (tertiary/aromatic N) is 1. The van der Waals surface area contributed by atoms with Crippen molar-refractivity contribution in [3.05, 3.63) is 48.9 Å². The third-order valence-electron chi connectivity index (χ3n) is 2.10. The molecule has 0 unspecified atom stereocenters. The standard InChI is InChI=1S/C12H9NO3/c1-2-16-12(15)9-7-6-8-4-3-5-10(14)11(8)13-9/h2-7,14H,1H2. The number of esters is 1. The van der Waals surface area contributed by atoms with Crippen LogP contribution in [0.5, 0.6) is 5.75 Å². The minimum absolute atomic E-state index is 0.0331. The average Bonchev–Trinajstić information content (AvgIpc) is 2.29. The van der Waals surface area contributed by atoms with E-state index in [9.17, 15) is 9.90 Å². The van der Waals surface area contributed by atoms with Crippen molar-refractivity contribution in [2.75, 3.05) is 0 Å². The number of carbonyl (C=O) groups is 1. The Morgan fingerprint density at radius 3 is 2.94 bits per heavy atom. The summed E-state index contributed by atoms with van der Waals surface area (Å²) < 4.78 is 4.60. The number of benzene rings is 1. The summed E-state index contributed by atoms with van der Waals surface area (Å²) in [6, 6.07) is 8.25. The number of phenolic OH excluding ortho intramolecular Hbond substituents is 1. The molecular weight excluding hydrogens is 206 g/mol. The smallest absolute Gasteiger partial charge is 0.361 e. The van der Waals surface area contributed by atoms with Gasteiger partial charge >= 0.3 is 5.97 Å². The Balaban J connectivity index is 2.55. The lowest BCUT2D eigenvalue weighted by Gasteiger charge is -2.02. The summed E-state index contributed by atoms with van der Waals surface area (Å²) in [5.41, 5.74) is 0.509. The van der Waals surface area contributed by atoms with Gasteiger partial charge in [-0.2, -0.15) is 0 Å². The van der Waals surface area contributed by atoms with E-state index in [1.54, 1.807) is 18.2 Å². The molecule has 0 saturated heterocycles. The molecule has 4 heteroatoms. The number of pyridine rings is 1. The number of aromatic hydroxyl groups is 1. The first kappa shape index (κ1) is 10.2. The van der Waals surface area contributed by atoms with Crippen LogP contribution in [-0.2, 0) is 4.74 Å². The molecule has 0 spiro atoms. The number of hydrogen-bond acceptors (Lipinski definition) is 4. The van der Waals surface area contributed by atoms with Gasteiger partial charge in [0.15, 0.2) is 0 Å². The molecule has 0 fully saturated rings. The third-order valence-corrected chi connectivity index (χ3v) is 2.10. The molecule has 16 heavy (non-hydrogen) atoms. The van der Waals surface area contributed by atoms with Crippen molar-refractivity contribution in [2.24, 2.45) is 0 Å². The second kappa shape index (κ2) is 4.02. The van der Waals surface area contributed by atoms with E-state index in [0.717, 1.165) is 11.6 Å². The molecule has 0 atom stereocenters. The number of fused-ring (bicyclic) bond motifs is 1. The van der Waals surface area contributed by atoms with Crippen LogP contribution in [0.25, 0.3) is 10.9 Å². The molecule has 0 amide bonds. The number of phenols is 1. The van der Waals surface area contributed by atoms with Gasteiger partial charge in [0.25, 0.3) is 0 Å². The van der Waals surface area contributed by atoms with E-state index in [-0.39, 0.29) is 11.4 Å². The summed E-state index contributed by atoms with van der Waals surface area (Å²) in [5.74, 6) is -0.564. The van der Waals surface area contributed by atoms with E-state index in [1.807, 2.05) is 0 Å². The zero-order chi connectivity index (χ0) is 11.5. The fourth-order valence-corrected chi connectivity index (χ4v) is 1.38. The zero-order valence-electron chi connectivity index (χ0n) is 8.38. The van der Waals surface area contributed by atoms with E-state index in [0.29, 0.717) is 5.52 Å². The normalized spacial score (nSPS) is 10.0. The number of ether oxygens (including phenoxy) is 1. The summed E-state index contributed by atoms with van der Waals surface area (Å²) in [7, 11) is 0. The van der Waals surface area contributed by atoms with Gasteiger partial charge < -0.3 is 9.84 Å². The quantitative estimate of drug-likeness (QED) is 0.616. The molecule has 1 heterocycles. The van der Waals surface area contributed by atoms with Gasteiger partial charge in [-0.1, -0.05) is 24.8 Å². The summed E-state index contributed by atoms with van der Waals surface area (Å²) >= 11 is 0. The number of para-hydroxylation sites is 1. The fraction of sp³-hybridized carbons (Fsp3) is 0. The zero-order valence-corrected chi connectivity index (χ0v) is 8.38. The van der Waals surface area contributed by atoms with Crippen molar-refractivity contribution >= 4 is 16.9 Å². The Morgan fingerprint density at radius 2 is 2.19 bits per heavy atom. The Kier molecular flexibility index (Phi) is 2.55. The molecule has 1 aromatic heterocycles. The first-order chi connectivity index (χ1) is 7.72. The van der Waals surface area contributed by atoms with Crippen LogP contribution in [0, 0.1) is 0 Å². The lowest BCUT2D eigenvalue weighted by atomic mass is 10.2. The van der Waals surface area contributed by atoms with Crippen LogP contribution in [0.2, 0.25) is 0 Å². The molecular formula is C12H9NO3. The highest BCUT2D eigenvalue weighted by molar-refractivity contribution is 5.92. The molecule has 1 N–H and O–H groups in total. The second-order valence-electron chi connectivity index (χ2n) is 3.12. The molecule has 0 aliphatic heterocycles. The minimum atomic E-state index is -0.597. The van der Waals surface area contributed by atoms with Gasteiger partial charge in [-0.05, 0) is 12.1 Å². The van der Waals surface area contributed by atoms with Crippen molar-refractivity contribution in [3.8, 4) is 5.75 Å². The monoisotopic (exact) mass is 215 g/mol. The van der Waals surface area contributed by atoms with Gasteiger partial charge in [0.05, 0.1) is 6.26 Å². The first-order valence-corrected chi connectivity index (χ1v) is 4.63. The average molecular weight is 215 g/mol. The number of carbonyl (C=O) groups excluding carboxylic acids is 1. The van der Waals surface area contributed by atoms with Crippen LogP contribution in [0.3, 0.4) is 0 Å². The summed E-state index contributed by atoms with van der Waals surface area (Å²) in [6.07, 6.45) is 1.04. The lowest BCUT2D eigenvalue weighted by molar-refractivity contribution is 0.0658. The number of rotatable bonds is 2. The molecule has 4 nitrogen and oxygen atoms in total. The van der Waals surface area contributed by atoms with Gasteiger partial charge in [0, 0.05) is 5.39 Å². The van der Waals surface area contributed by atoms with Crippen LogP contribution in [-0.4, -0.2) is 16.1 Å². The molecule has 0 saturated carbocycles. The number of aromatic nitrogens is 1. The molecule has 0 aliphatic carbocycles. The molecule has 2 aromatic rings. The predicted octanol–water partition coefficient (Wildman–Crippen LogP) is 2.24. The second-order valence-corrected chi connectivity index (χ2v) is 3.12. The molecule has 0 bridgehead atoms. The van der Waals surface area contributed by atoms with Crippen LogP contribution in [0.1, 0.15) is 10.5 Å². The maximum atomic E-state index is 11.4. The van der Waals surface area contributed by atoms with E-state index >= 15 is 0 Å². The highest BCUT2D eigenvalue weighted by Crippen LogP contribution is 2.22. The highest BCUT2D eigenvalue weighted by Gasteiger charge is 2.09. The largest absolute Gasteiger partial charge is 0.506 e. The Labute approximate surface area is 91.8 Å². The van der Waals surface area contributed by atoms with E-state index in [4.69, 9.17) is 0 Å². The van der Waals surface area contributed by atoms with Crippen LogP contribution < -0.4 is 0 Å². The maximum absolute atomic E-state index is 11.4. The molecule has 0 aliphatic rings. The Hall–Kier alpha value is -2.36. The Bertz CT molecular complexity index is 563. The summed E-state index contributed by atoms with van der Waals surface area (Å²) in [6.45, 7) is 3.29. The van der Waals surface area contributed by atoms with Gasteiger partial charge in [0.2, 0.25) is 0 Å². The van der Waals surface area contributed by atoms with E-state index in [1.165, 1.54) is 12.1 Å². The molecule has 2 rings (SSSR count). The first-order valence-electron chi connectivity index (χ1n) is 4.63. The lowest BCUT2D eigenvalue weighted by Crippen LogP contribution is -2.03. The highest BCUT2D eigenvalue weighted by atomic mass is 16.5. The van der Waals surface area contributed by atoms with E-state index < -0.39 is 5.97 Å². The van der Waals surface area contributed by atoms with E-state index in [2.05, 4.69) is 16.3 Å². The van der Waals surface area contributed by atoms with Crippen LogP contribution in [0.15, 0.2) is 43.2 Å². The number of hydrogen-bond donors (Lipinski definition) is 1. The molecule has 1 aromatic carbocycles. The maximum Gasteiger partial charge on any atom is 0.361 e. The SMILES string of the molecule is C=COC(=O)c1ccc2cccc(O)c2n1. The fourth-order valence-electron chi connectivity index (χ4n) is 1.38. The minimum Gasteiger partial charge on any atom is -0.506 e. The summed E-state index contributed by atoms with van der Waals surface area (Å²) in [5, 5.41) is 10.3. The summed E-state index contributed by atoms with van der Waals surface area (Å²) in [4.78, 5) is 15.4. The van der Waals surface area contributed by atoms with Crippen molar-refractivity contribution < 1.29 is 14.6 Å². The van der Waals surface area contributed by atoms with Crippen molar-refractivity contribution in [3.63, 3.8) is 0 Å². The topological polar surface area (TPSA) is 59.4 Å². The van der Waals surface area contributed by atoms with Gasteiger partial charge in [-0.25, -0.2) is 9.78 Å². The van der Waals surface area contributed by atoms with Crippen molar-refractivity contribution in [1.82, 2.24) is 4.98 Å². The van der Waals surface area contributed by atoms with Gasteiger partial charge in [-0.3, -0.25) is 0 Å². The van der Waals surface area contributed by atoms with Crippen molar-refractivity contribution in [2.45, 2.75) is 0 Å².